The van der Waals surface area contributed by atoms with Crippen LogP contribution in [0.4, 0.5) is 0 Å². The van der Waals surface area contributed by atoms with Crippen molar-refractivity contribution in [3.05, 3.63) is 35.0 Å². The highest BCUT2D eigenvalue weighted by atomic mass is 14.9. The quantitative estimate of drug-likeness (QED) is 0.846. The molecule has 0 saturated carbocycles. The summed E-state index contributed by atoms with van der Waals surface area (Å²) in [5.41, 5.74) is 5.51. The van der Waals surface area contributed by atoms with Crippen LogP contribution in [0.15, 0.2) is 18.2 Å². The van der Waals surface area contributed by atoms with E-state index >= 15 is 0 Å². The van der Waals surface area contributed by atoms with E-state index in [9.17, 15) is 0 Å². The van der Waals surface area contributed by atoms with Crippen molar-refractivity contribution in [1.82, 2.24) is 10.3 Å². The van der Waals surface area contributed by atoms with Gasteiger partial charge in [-0.3, -0.25) is 0 Å². The molecule has 2 aromatic rings. The molecule has 0 unspecified atom stereocenters. The fraction of sp³-hybridized carbons (Fsp3) is 0.500. The predicted molar refractivity (Wildman–Crippen MR) is 79.2 cm³/mol. The second-order valence-electron chi connectivity index (χ2n) is 6.20. The summed E-state index contributed by atoms with van der Waals surface area (Å²) in [5, 5.41) is 4.92. The molecule has 2 rings (SSSR count). The lowest BCUT2D eigenvalue weighted by atomic mass is 10.0. The molecule has 0 aliphatic heterocycles. The Kier molecular flexibility index (Phi) is 3.49. The van der Waals surface area contributed by atoms with Gasteiger partial charge in [-0.05, 0) is 64.8 Å². The van der Waals surface area contributed by atoms with E-state index in [0.29, 0.717) is 0 Å². The summed E-state index contributed by atoms with van der Waals surface area (Å²) in [6.07, 6.45) is 1.08. The number of aromatic nitrogens is 1. The Bertz CT molecular complexity index is 544. The minimum atomic E-state index is 0.191. The summed E-state index contributed by atoms with van der Waals surface area (Å²) in [6, 6.07) is 6.65. The second-order valence-corrected chi connectivity index (χ2v) is 6.20. The number of aryl methyl sites for hydroxylation is 2. The molecule has 0 bridgehead atoms. The zero-order valence-corrected chi connectivity index (χ0v) is 12.1. The molecule has 0 fully saturated rings. The van der Waals surface area contributed by atoms with Crippen LogP contribution in [-0.2, 0) is 6.42 Å². The monoisotopic (exact) mass is 244 g/mol. The summed E-state index contributed by atoms with van der Waals surface area (Å²) in [5.74, 6) is 0. The van der Waals surface area contributed by atoms with E-state index in [1.807, 2.05) is 0 Å². The largest absolute Gasteiger partial charge is 0.358 e. The van der Waals surface area contributed by atoms with Crippen LogP contribution in [0.2, 0.25) is 0 Å². The van der Waals surface area contributed by atoms with Crippen molar-refractivity contribution in [1.29, 1.82) is 0 Å². The average molecular weight is 244 g/mol. The van der Waals surface area contributed by atoms with Gasteiger partial charge < -0.3 is 10.3 Å². The summed E-state index contributed by atoms with van der Waals surface area (Å²) in [7, 11) is 0. The molecule has 2 N–H and O–H groups in total. The van der Waals surface area contributed by atoms with Gasteiger partial charge in [0, 0.05) is 22.1 Å². The maximum absolute atomic E-state index is 3.55. The van der Waals surface area contributed by atoms with Crippen LogP contribution >= 0.6 is 0 Å². The van der Waals surface area contributed by atoms with E-state index in [1.165, 1.54) is 27.7 Å². The van der Waals surface area contributed by atoms with Gasteiger partial charge in [-0.15, -0.1) is 0 Å². The molecule has 1 aromatic carbocycles. The highest BCUT2D eigenvalue weighted by Crippen LogP contribution is 2.23. The summed E-state index contributed by atoms with van der Waals surface area (Å²) >= 11 is 0. The molecular weight excluding hydrogens is 220 g/mol. The highest BCUT2D eigenvalue weighted by Gasteiger charge is 2.11. The SMILES string of the molecule is Cc1ccc2c(CCNC(C)(C)C)c(C)[nH]c2c1. The molecule has 0 radical (unpaired) electrons. The van der Waals surface area contributed by atoms with Crippen molar-refractivity contribution >= 4 is 10.9 Å². The van der Waals surface area contributed by atoms with E-state index in [2.05, 4.69) is 63.1 Å². The van der Waals surface area contributed by atoms with Gasteiger partial charge in [0.15, 0.2) is 0 Å². The lowest BCUT2D eigenvalue weighted by molar-refractivity contribution is 0.429. The van der Waals surface area contributed by atoms with Gasteiger partial charge >= 0.3 is 0 Å². The fourth-order valence-electron chi connectivity index (χ4n) is 2.39. The molecule has 0 aliphatic carbocycles. The number of aromatic amines is 1. The third-order valence-corrected chi connectivity index (χ3v) is 3.31. The van der Waals surface area contributed by atoms with Crippen molar-refractivity contribution in [3.63, 3.8) is 0 Å². The Hall–Kier alpha value is -1.28. The molecule has 98 valence electrons. The number of hydrogen-bond acceptors (Lipinski definition) is 1. The van der Waals surface area contributed by atoms with Crippen molar-refractivity contribution < 1.29 is 0 Å². The molecule has 18 heavy (non-hydrogen) atoms. The van der Waals surface area contributed by atoms with E-state index in [1.54, 1.807) is 0 Å². The van der Waals surface area contributed by atoms with Gasteiger partial charge in [0.1, 0.15) is 0 Å². The molecule has 1 heterocycles. The first-order chi connectivity index (χ1) is 8.37. The standard InChI is InChI=1S/C16H24N2/c1-11-6-7-14-13(8-9-17-16(3,4)5)12(2)18-15(14)10-11/h6-7,10,17-18H,8-9H2,1-5H3. The lowest BCUT2D eigenvalue weighted by Gasteiger charge is -2.20. The number of hydrogen-bond donors (Lipinski definition) is 2. The first-order valence-corrected chi connectivity index (χ1v) is 6.70. The number of benzene rings is 1. The van der Waals surface area contributed by atoms with Crippen LogP contribution in [0.3, 0.4) is 0 Å². The minimum Gasteiger partial charge on any atom is -0.358 e. The number of fused-ring (bicyclic) bond motifs is 1. The van der Waals surface area contributed by atoms with E-state index < -0.39 is 0 Å². The Morgan fingerprint density at radius 3 is 2.56 bits per heavy atom. The van der Waals surface area contributed by atoms with Gasteiger partial charge in [-0.1, -0.05) is 12.1 Å². The van der Waals surface area contributed by atoms with Crippen molar-refractivity contribution in [2.75, 3.05) is 6.54 Å². The normalized spacial score (nSPS) is 12.3. The third-order valence-electron chi connectivity index (χ3n) is 3.31. The topological polar surface area (TPSA) is 27.8 Å². The smallest absolute Gasteiger partial charge is 0.0461 e. The van der Waals surface area contributed by atoms with E-state index in [-0.39, 0.29) is 5.54 Å². The van der Waals surface area contributed by atoms with Gasteiger partial charge in [0.05, 0.1) is 0 Å². The molecule has 0 aliphatic rings. The van der Waals surface area contributed by atoms with Crippen LogP contribution in [0, 0.1) is 13.8 Å². The Morgan fingerprint density at radius 2 is 1.89 bits per heavy atom. The first kappa shape index (κ1) is 13.2. The maximum Gasteiger partial charge on any atom is 0.0461 e. The van der Waals surface area contributed by atoms with Gasteiger partial charge in [-0.2, -0.15) is 0 Å². The molecular formula is C16H24N2. The Labute approximate surface area is 110 Å². The van der Waals surface area contributed by atoms with Crippen LogP contribution in [0.5, 0.6) is 0 Å². The molecule has 0 spiro atoms. The summed E-state index contributed by atoms with van der Waals surface area (Å²) < 4.78 is 0. The molecule has 0 amide bonds. The van der Waals surface area contributed by atoms with Crippen LogP contribution in [0.25, 0.3) is 10.9 Å². The zero-order valence-electron chi connectivity index (χ0n) is 12.1. The third kappa shape index (κ3) is 2.94. The summed E-state index contributed by atoms with van der Waals surface area (Å²) in [6.45, 7) is 11.9. The van der Waals surface area contributed by atoms with Gasteiger partial charge in [0.2, 0.25) is 0 Å². The van der Waals surface area contributed by atoms with Gasteiger partial charge in [0.25, 0.3) is 0 Å². The van der Waals surface area contributed by atoms with Crippen molar-refractivity contribution in [2.24, 2.45) is 0 Å². The Morgan fingerprint density at radius 1 is 1.17 bits per heavy atom. The number of nitrogens with one attached hydrogen (secondary N) is 2. The second kappa shape index (κ2) is 4.77. The van der Waals surface area contributed by atoms with Crippen LogP contribution in [0.1, 0.15) is 37.6 Å². The molecule has 2 heteroatoms. The fourth-order valence-corrected chi connectivity index (χ4v) is 2.39. The lowest BCUT2D eigenvalue weighted by Crippen LogP contribution is -2.37. The molecule has 2 nitrogen and oxygen atoms in total. The Balaban J connectivity index is 2.20. The summed E-state index contributed by atoms with van der Waals surface area (Å²) in [4.78, 5) is 3.49. The van der Waals surface area contributed by atoms with Crippen molar-refractivity contribution in [2.45, 2.75) is 46.6 Å². The highest BCUT2D eigenvalue weighted by molar-refractivity contribution is 5.85. The molecule has 1 aromatic heterocycles. The number of H-pyrrole nitrogens is 1. The first-order valence-electron chi connectivity index (χ1n) is 6.70. The average Bonchev–Trinajstić information content (AvgIpc) is 2.52. The van der Waals surface area contributed by atoms with Crippen molar-refractivity contribution in [3.8, 4) is 0 Å². The van der Waals surface area contributed by atoms with Gasteiger partial charge in [-0.25, -0.2) is 0 Å². The van der Waals surface area contributed by atoms with Crippen LogP contribution < -0.4 is 5.32 Å². The zero-order chi connectivity index (χ0) is 13.3. The van der Waals surface area contributed by atoms with E-state index in [4.69, 9.17) is 0 Å². The predicted octanol–water partition coefficient (Wildman–Crippen LogP) is 3.72. The molecule has 0 saturated heterocycles. The molecule has 0 atom stereocenters. The maximum atomic E-state index is 3.55. The van der Waals surface area contributed by atoms with E-state index in [0.717, 1.165) is 13.0 Å². The minimum absolute atomic E-state index is 0.191. The van der Waals surface area contributed by atoms with Crippen LogP contribution in [-0.4, -0.2) is 17.1 Å². The number of rotatable bonds is 3.